The standard InChI is InChI=1S/C70H45N/c1-3-17-46(18-4-1)48-21-13-23-50(39-48)52-25-15-26-53(41-52)55-36-38-68-63(43-55)62(56-28-16-27-54(42-56)51-24-14-22-49(40-51)47-19-5-2-6-20-47)45-69(71-68)57-35-37-61-60-31-9-12-34-66(60)70(67(61)44-57)64-32-10-7-29-58(64)59-30-8-11-33-65(59)70/h1-45H. The number of hydrogen-bond acceptors (Lipinski definition) is 1. The molecule has 0 bridgehead atoms. The van der Waals surface area contributed by atoms with Gasteiger partial charge in [0.15, 0.2) is 0 Å². The van der Waals surface area contributed by atoms with Crippen molar-refractivity contribution in [2.45, 2.75) is 5.41 Å². The summed E-state index contributed by atoms with van der Waals surface area (Å²) in [6.45, 7) is 0. The van der Waals surface area contributed by atoms with Gasteiger partial charge in [-0.05, 0) is 160 Å². The number of pyridine rings is 1. The molecule has 0 saturated carbocycles. The van der Waals surface area contributed by atoms with E-state index in [2.05, 4.69) is 273 Å². The van der Waals surface area contributed by atoms with Crippen molar-refractivity contribution in [3.63, 3.8) is 0 Å². The molecule has 0 aliphatic heterocycles. The minimum atomic E-state index is -0.441. The highest BCUT2D eigenvalue weighted by Crippen LogP contribution is 2.63. The first kappa shape index (κ1) is 40.9. The topological polar surface area (TPSA) is 12.9 Å². The van der Waals surface area contributed by atoms with Crippen LogP contribution < -0.4 is 0 Å². The second-order valence-corrected chi connectivity index (χ2v) is 19.0. The Morgan fingerprint density at radius 3 is 1.07 bits per heavy atom. The van der Waals surface area contributed by atoms with Gasteiger partial charge >= 0.3 is 0 Å². The molecule has 0 amide bonds. The van der Waals surface area contributed by atoms with Crippen LogP contribution in [0.1, 0.15) is 22.3 Å². The molecular weight excluding hydrogens is 855 g/mol. The molecule has 1 heteroatoms. The molecule has 1 spiro atoms. The Hall–Kier alpha value is -9.17. The van der Waals surface area contributed by atoms with E-state index in [1.165, 1.54) is 89.0 Å². The summed E-state index contributed by atoms with van der Waals surface area (Å²) >= 11 is 0. The number of benzene rings is 11. The van der Waals surface area contributed by atoms with Gasteiger partial charge in [-0.1, -0.05) is 224 Å². The zero-order valence-electron chi connectivity index (χ0n) is 38.9. The minimum Gasteiger partial charge on any atom is -0.248 e. The first-order valence-electron chi connectivity index (χ1n) is 24.6. The quantitative estimate of drug-likeness (QED) is 0.155. The Bertz CT molecular complexity index is 3990. The molecule has 2 aliphatic rings. The van der Waals surface area contributed by atoms with Crippen molar-refractivity contribution >= 4 is 10.9 Å². The van der Waals surface area contributed by atoms with E-state index in [0.717, 1.165) is 44.4 Å². The van der Waals surface area contributed by atoms with Crippen LogP contribution in [0.5, 0.6) is 0 Å². The fourth-order valence-corrected chi connectivity index (χ4v) is 11.8. The van der Waals surface area contributed by atoms with E-state index >= 15 is 0 Å². The third kappa shape index (κ3) is 6.66. The first-order valence-corrected chi connectivity index (χ1v) is 24.6. The highest BCUT2D eigenvalue weighted by atomic mass is 14.7. The van der Waals surface area contributed by atoms with Crippen molar-refractivity contribution in [3.8, 4) is 100 Å². The van der Waals surface area contributed by atoms with E-state index in [0.29, 0.717) is 0 Å². The molecular formula is C70H45N. The molecule has 0 atom stereocenters. The van der Waals surface area contributed by atoms with Crippen LogP contribution in [-0.4, -0.2) is 4.98 Å². The third-order valence-corrected chi connectivity index (χ3v) is 15.1. The molecule has 12 aromatic rings. The SMILES string of the molecule is c1ccc(-c2cccc(-c3cccc(-c4ccc5nc(-c6ccc7c(c6)C6(c8ccccc8-c8ccccc86)c6ccccc6-7)cc(-c6cccc(-c7cccc(-c8ccccc8)c7)c6)c5c4)c3)c2)cc1. The summed E-state index contributed by atoms with van der Waals surface area (Å²) in [6.07, 6.45) is 0. The summed E-state index contributed by atoms with van der Waals surface area (Å²) in [5, 5.41) is 1.11. The van der Waals surface area contributed by atoms with Gasteiger partial charge in [0, 0.05) is 10.9 Å². The number of fused-ring (bicyclic) bond motifs is 11. The van der Waals surface area contributed by atoms with Gasteiger partial charge in [-0.2, -0.15) is 0 Å². The van der Waals surface area contributed by atoms with Crippen molar-refractivity contribution in [1.82, 2.24) is 4.98 Å². The zero-order valence-corrected chi connectivity index (χ0v) is 38.9. The van der Waals surface area contributed by atoms with Gasteiger partial charge in [-0.15, -0.1) is 0 Å². The lowest BCUT2D eigenvalue weighted by atomic mass is 9.70. The van der Waals surface area contributed by atoms with Gasteiger partial charge in [-0.25, -0.2) is 4.98 Å². The van der Waals surface area contributed by atoms with Gasteiger partial charge < -0.3 is 0 Å². The van der Waals surface area contributed by atoms with Crippen LogP contribution in [-0.2, 0) is 5.41 Å². The van der Waals surface area contributed by atoms with Gasteiger partial charge in [0.1, 0.15) is 0 Å². The van der Waals surface area contributed by atoms with E-state index in [1.54, 1.807) is 0 Å². The Morgan fingerprint density at radius 1 is 0.211 bits per heavy atom. The van der Waals surface area contributed by atoms with Gasteiger partial charge in [0.2, 0.25) is 0 Å². The van der Waals surface area contributed by atoms with Gasteiger partial charge in [-0.3, -0.25) is 0 Å². The predicted octanol–water partition coefficient (Wildman–Crippen LogP) is 18.2. The minimum absolute atomic E-state index is 0.441. The number of nitrogens with zero attached hydrogens (tertiary/aromatic N) is 1. The summed E-state index contributed by atoms with van der Waals surface area (Å²) < 4.78 is 0. The van der Waals surface area contributed by atoms with Crippen molar-refractivity contribution in [3.05, 3.63) is 295 Å². The second kappa shape index (κ2) is 16.5. The zero-order chi connectivity index (χ0) is 46.9. The molecule has 14 rings (SSSR count). The molecule has 11 aromatic carbocycles. The van der Waals surface area contributed by atoms with E-state index in [1.807, 2.05) is 0 Å². The van der Waals surface area contributed by atoms with Crippen molar-refractivity contribution in [1.29, 1.82) is 0 Å². The molecule has 71 heavy (non-hydrogen) atoms. The van der Waals surface area contributed by atoms with Crippen molar-refractivity contribution in [2.75, 3.05) is 0 Å². The fraction of sp³-hybridized carbons (Fsp3) is 0.0143. The Balaban J connectivity index is 0.940. The largest absolute Gasteiger partial charge is 0.248 e. The Kier molecular flexibility index (Phi) is 9.50. The van der Waals surface area contributed by atoms with E-state index in [9.17, 15) is 0 Å². The normalized spacial score (nSPS) is 12.6. The molecule has 1 nitrogen and oxygen atoms in total. The monoisotopic (exact) mass is 899 g/mol. The van der Waals surface area contributed by atoms with Crippen LogP contribution in [0.3, 0.4) is 0 Å². The fourth-order valence-electron chi connectivity index (χ4n) is 11.8. The summed E-state index contributed by atoms with van der Waals surface area (Å²) in [5.41, 5.74) is 27.2. The average Bonchev–Trinajstić information content (AvgIpc) is 3.92. The molecule has 0 saturated heterocycles. The number of aromatic nitrogens is 1. The van der Waals surface area contributed by atoms with E-state index < -0.39 is 5.41 Å². The summed E-state index contributed by atoms with van der Waals surface area (Å²) in [6, 6.07) is 100. The molecule has 0 radical (unpaired) electrons. The highest BCUT2D eigenvalue weighted by Gasteiger charge is 2.51. The summed E-state index contributed by atoms with van der Waals surface area (Å²) in [4.78, 5) is 5.57. The molecule has 1 heterocycles. The smallest absolute Gasteiger partial charge is 0.0725 e. The lowest BCUT2D eigenvalue weighted by molar-refractivity contribution is 0.794. The van der Waals surface area contributed by atoms with E-state index in [-0.39, 0.29) is 0 Å². The maximum atomic E-state index is 5.57. The summed E-state index contributed by atoms with van der Waals surface area (Å²) in [5.74, 6) is 0. The van der Waals surface area contributed by atoms with E-state index in [4.69, 9.17) is 4.98 Å². The highest BCUT2D eigenvalue weighted by molar-refractivity contribution is 6.01. The van der Waals surface area contributed by atoms with Crippen molar-refractivity contribution in [2.24, 2.45) is 0 Å². The van der Waals surface area contributed by atoms with Crippen LogP contribution in [0.15, 0.2) is 273 Å². The van der Waals surface area contributed by atoms with Crippen LogP contribution in [0.4, 0.5) is 0 Å². The summed E-state index contributed by atoms with van der Waals surface area (Å²) in [7, 11) is 0. The average molecular weight is 900 g/mol. The molecule has 0 fully saturated rings. The van der Waals surface area contributed by atoms with Crippen LogP contribution >= 0.6 is 0 Å². The lowest BCUT2D eigenvalue weighted by Gasteiger charge is -2.30. The maximum absolute atomic E-state index is 5.57. The third-order valence-electron chi connectivity index (χ3n) is 15.1. The lowest BCUT2D eigenvalue weighted by Crippen LogP contribution is -2.25. The van der Waals surface area contributed by atoms with Gasteiger partial charge in [0.25, 0.3) is 0 Å². The van der Waals surface area contributed by atoms with Crippen LogP contribution in [0.25, 0.3) is 111 Å². The van der Waals surface area contributed by atoms with Gasteiger partial charge in [0.05, 0.1) is 16.6 Å². The molecule has 1 aromatic heterocycles. The first-order chi connectivity index (χ1) is 35.2. The number of rotatable bonds is 7. The van der Waals surface area contributed by atoms with Crippen LogP contribution in [0, 0.1) is 0 Å². The predicted molar refractivity (Wildman–Crippen MR) is 296 cm³/mol. The Labute approximate surface area is 414 Å². The molecule has 0 unspecified atom stereocenters. The number of hydrogen-bond donors (Lipinski definition) is 0. The molecule has 2 aliphatic carbocycles. The van der Waals surface area contributed by atoms with Crippen molar-refractivity contribution < 1.29 is 0 Å². The molecule has 330 valence electrons. The Morgan fingerprint density at radius 2 is 0.577 bits per heavy atom. The second-order valence-electron chi connectivity index (χ2n) is 19.0. The van der Waals surface area contributed by atoms with Crippen LogP contribution in [0.2, 0.25) is 0 Å². The molecule has 0 N–H and O–H groups in total. The maximum Gasteiger partial charge on any atom is 0.0725 e.